The van der Waals surface area contributed by atoms with Gasteiger partial charge in [0.2, 0.25) is 0 Å². The van der Waals surface area contributed by atoms with Crippen LogP contribution in [0.25, 0.3) is 0 Å². The van der Waals surface area contributed by atoms with Gasteiger partial charge >= 0.3 is 0 Å². The second-order valence-electron chi connectivity index (χ2n) is 6.63. The van der Waals surface area contributed by atoms with Crippen LogP contribution in [0.5, 0.6) is 0 Å². The first-order valence-corrected chi connectivity index (χ1v) is 7.91. The van der Waals surface area contributed by atoms with E-state index < -0.39 is 0 Å². The van der Waals surface area contributed by atoms with Crippen molar-refractivity contribution in [1.29, 1.82) is 0 Å². The highest BCUT2D eigenvalue weighted by Crippen LogP contribution is 2.23. The Kier molecular flexibility index (Phi) is 7.25. The molecule has 0 spiro atoms. The molecule has 2 nitrogen and oxygen atoms in total. The zero-order valence-electron chi connectivity index (χ0n) is 14.1. The first kappa shape index (κ1) is 17.2. The number of hydrogen-bond donors (Lipinski definition) is 1. The summed E-state index contributed by atoms with van der Waals surface area (Å²) in [5.74, 6) is 1.36. The Morgan fingerprint density at radius 1 is 0.950 bits per heavy atom. The lowest BCUT2D eigenvalue weighted by Gasteiger charge is -2.36. The molecule has 1 aromatic rings. The molecule has 1 aromatic carbocycles. The third kappa shape index (κ3) is 5.26. The molecule has 0 aliphatic heterocycles. The maximum Gasteiger partial charge on any atom is 0.0472 e. The lowest BCUT2D eigenvalue weighted by molar-refractivity contribution is 0.145. The molecule has 114 valence electrons. The fraction of sp³-hybridized carbons (Fsp3) is 0.667. The van der Waals surface area contributed by atoms with E-state index in [-0.39, 0.29) is 0 Å². The third-order valence-electron chi connectivity index (χ3n) is 4.17. The molecule has 2 unspecified atom stereocenters. The fourth-order valence-electron chi connectivity index (χ4n) is 2.44. The average molecular weight is 276 g/mol. The zero-order valence-corrected chi connectivity index (χ0v) is 14.1. The molecule has 0 aliphatic rings. The van der Waals surface area contributed by atoms with Gasteiger partial charge in [-0.15, -0.1) is 0 Å². The van der Waals surface area contributed by atoms with E-state index in [2.05, 4.69) is 82.2 Å². The first-order chi connectivity index (χ1) is 9.43. The standard InChI is InChI=1S/C18H32N2/c1-14(2)12-19-13-18(17-10-8-7-9-11-17)20(6)16(5)15(3)4/h7-11,14-16,18-19H,12-13H2,1-6H3. The number of nitrogens with one attached hydrogen (secondary N) is 1. The summed E-state index contributed by atoms with van der Waals surface area (Å²) < 4.78 is 0. The lowest BCUT2D eigenvalue weighted by atomic mass is 9.99. The van der Waals surface area contributed by atoms with Crippen molar-refractivity contribution in [2.75, 3.05) is 20.1 Å². The molecule has 0 saturated heterocycles. The average Bonchev–Trinajstić information content (AvgIpc) is 2.42. The highest BCUT2D eigenvalue weighted by atomic mass is 15.2. The molecule has 0 bridgehead atoms. The summed E-state index contributed by atoms with van der Waals surface area (Å²) in [5.41, 5.74) is 1.40. The Morgan fingerprint density at radius 3 is 2.05 bits per heavy atom. The second kappa shape index (κ2) is 8.43. The van der Waals surface area contributed by atoms with E-state index >= 15 is 0 Å². The van der Waals surface area contributed by atoms with Crippen LogP contribution >= 0.6 is 0 Å². The van der Waals surface area contributed by atoms with Crippen LogP contribution in [0.15, 0.2) is 30.3 Å². The van der Waals surface area contributed by atoms with Gasteiger partial charge in [0.15, 0.2) is 0 Å². The van der Waals surface area contributed by atoms with E-state index in [9.17, 15) is 0 Å². The summed E-state index contributed by atoms with van der Waals surface area (Å²) in [7, 11) is 2.25. The Bertz CT molecular complexity index is 359. The van der Waals surface area contributed by atoms with Crippen LogP contribution in [0.2, 0.25) is 0 Å². The summed E-state index contributed by atoms with van der Waals surface area (Å²) in [5, 5.41) is 3.62. The molecular weight excluding hydrogens is 244 g/mol. The molecule has 1 N–H and O–H groups in total. The molecule has 0 aliphatic carbocycles. The number of likely N-dealkylation sites (N-methyl/N-ethyl adjacent to an activating group) is 1. The predicted molar refractivity (Wildman–Crippen MR) is 89.0 cm³/mol. The SMILES string of the molecule is CC(C)CNCC(c1ccccc1)N(C)C(C)C(C)C. The maximum absolute atomic E-state index is 3.62. The summed E-state index contributed by atoms with van der Waals surface area (Å²) in [6.45, 7) is 13.5. The molecule has 0 heterocycles. The minimum absolute atomic E-state index is 0.437. The number of rotatable bonds is 8. The summed E-state index contributed by atoms with van der Waals surface area (Å²) in [6, 6.07) is 11.9. The van der Waals surface area contributed by atoms with Gasteiger partial charge in [-0.25, -0.2) is 0 Å². The fourth-order valence-corrected chi connectivity index (χ4v) is 2.44. The Hall–Kier alpha value is -0.860. The van der Waals surface area contributed by atoms with Crippen LogP contribution in [0.3, 0.4) is 0 Å². The Balaban J connectivity index is 2.79. The van der Waals surface area contributed by atoms with Crippen LogP contribution < -0.4 is 5.32 Å². The normalized spacial score (nSPS) is 15.1. The summed E-state index contributed by atoms with van der Waals surface area (Å²) >= 11 is 0. The van der Waals surface area contributed by atoms with Gasteiger partial charge in [-0.2, -0.15) is 0 Å². The van der Waals surface area contributed by atoms with E-state index in [1.54, 1.807) is 0 Å². The van der Waals surface area contributed by atoms with Crippen molar-refractivity contribution in [3.63, 3.8) is 0 Å². The molecule has 2 heteroatoms. The number of benzene rings is 1. The van der Waals surface area contributed by atoms with E-state index in [4.69, 9.17) is 0 Å². The summed E-state index contributed by atoms with van der Waals surface area (Å²) in [4.78, 5) is 2.51. The molecular formula is C18H32N2. The van der Waals surface area contributed by atoms with Crippen LogP contribution in [-0.4, -0.2) is 31.1 Å². The highest BCUT2D eigenvalue weighted by molar-refractivity contribution is 5.19. The Labute approximate surface area is 125 Å². The summed E-state index contributed by atoms with van der Waals surface area (Å²) in [6.07, 6.45) is 0. The smallest absolute Gasteiger partial charge is 0.0472 e. The van der Waals surface area contributed by atoms with Crippen molar-refractivity contribution in [3.8, 4) is 0 Å². The molecule has 0 radical (unpaired) electrons. The lowest BCUT2D eigenvalue weighted by Crippen LogP contribution is -2.41. The van der Waals surface area contributed by atoms with Crippen molar-refractivity contribution in [3.05, 3.63) is 35.9 Å². The van der Waals surface area contributed by atoms with Gasteiger partial charge in [0.25, 0.3) is 0 Å². The largest absolute Gasteiger partial charge is 0.315 e. The van der Waals surface area contributed by atoms with Gasteiger partial charge in [0.1, 0.15) is 0 Å². The number of hydrogen-bond acceptors (Lipinski definition) is 2. The second-order valence-corrected chi connectivity index (χ2v) is 6.63. The van der Waals surface area contributed by atoms with Crippen molar-refractivity contribution < 1.29 is 0 Å². The minimum Gasteiger partial charge on any atom is -0.315 e. The van der Waals surface area contributed by atoms with E-state index in [0.717, 1.165) is 13.1 Å². The first-order valence-electron chi connectivity index (χ1n) is 7.91. The van der Waals surface area contributed by atoms with Gasteiger partial charge in [-0.3, -0.25) is 4.90 Å². The Morgan fingerprint density at radius 2 is 1.55 bits per heavy atom. The molecule has 2 atom stereocenters. The minimum atomic E-state index is 0.437. The molecule has 0 amide bonds. The predicted octanol–water partition coefficient (Wildman–Crippen LogP) is 3.95. The van der Waals surface area contributed by atoms with Crippen molar-refractivity contribution >= 4 is 0 Å². The van der Waals surface area contributed by atoms with Crippen LogP contribution in [0.1, 0.15) is 46.2 Å². The quantitative estimate of drug-likeness (QED) is 0.773. The van der Waals surface area contributed by atoms with Gasteiger partial charge in [-0.1, -0.05) is 58.0 Å². The molecule has 0 aromatic heterocycles. The van der Waals surface area contributed by atoms with Crippen LogP contribution in [0, 0.1) is 11.8 Å². The molecule has 1 rings (SSSR count). The monoisotopic (exact) mass is 276 g/mol. The van der Waals surface area contributed by atoms with Gasteiger partial charge in [0, 0.05) is 18.6 Å². The van der Waals surface area contributed by atoms with Crippen LogP contribution in [-0.2, 0) is 0 Å². The third-order valence-corrected chi connectivity index (χ3v) is 4.17. The topological polar surface area (TPSA) is 15.3 Å². The van der Waals surface area contributed by atoms with Gasteiger partial charge in [0.05, 0.1) is 0 Å². The molecule has 0 fully saturated rings. The van der Waals surface area contributed by atoms with E-state index in [1.807, 2.05) is 0 Å². The number of nitrogens with zero attached hydrogens (tertiary/aromatic N) is 1. The maximum atomic E-state index is 3.62. The molecule has 20 heavy (non-hydrogen) atoms. The van der Waals surface area contributed by atoms with Crippen molar-refractivity contribution in [1.82, 2.24) is 10.2 Å². The highest BCUT2D eigenvalue weighted by Gasteiger charge is 2.22. The van der Waals surface area contributed by atoms with Gasteiger partial charge < -0.3 is 5.32 Å². The molecule has 0 saturated carbocycles. The van der Waals surface area contributed by atoms with Gasteiger partial charge in [-0.05, 0) is 37.9 Å². The van der Waals surface area contributed by atoms with Crippen LogP contribution in [0.4, 0.5) is 0 Å². The van der Waals surface area contributed by atoms with Crippen molar-refractivity contribution in [2.24, 2.45) is 11.8 Å². The van der Waals surface area contributed by atoms with Crippen molar-refractivity contribution in [2.45, 2.75) is 46.7 Å². The van der Waals surface area contributed by atoms with E-state index in [0.29, 0.717) is 23.9 Å². The van der Waals surface area contributed by atoms with E-state index in [1.165, 1.54) is 5.56 Å². The zero-order chi connectivity index (χ0) is 15.1.